The van der Waals surface area contributed by atoms with Gasteiger partial charge in [0.25, 0.3) is 5.91 Å². The Morgan fingerprint density at radius 2 is 1.74 bits per heavy atom. The van der Waals surface area contributed by atoms with Crippen LogP contribution in [-0.2, 0) is 27.8 Å². The number of thiophene rings is 1. The molecule has 0 radical (unpaired) electrons. The summed E-state index contributed by atoms with van der Waals surface area (Å²) in [4.78, 5) is 13.0. The van der Waals surface area contributed by atoms with Crippen LogP contribution in [0.3, 0.4) is 0 Å². The minimum absolute atomic E-state index is 0.0728. The molecule has 0 spiro atoms. The monoisotopic (exact) mass is 516 g/mol. The number of hydroxylamine groups is 1. The largest absolute Gasteiger partial charge is 0.573 e. The number of benzene rings is 2. The van der Waals surface area contributed by atoms with Gasteiger partial charge in [0, 0.05) is 17.8 Å². The van der Waals surface area contributed by atoms with Crippen LogP contribution in [0, 0.1) is 0 Å². The second-order valence-corrected chi connectivity index (χ2v) is 9.93. The number of hydrogen-bond acceptors (Lipinski definition) is 7. The Labute approximate surface area is 196 Å². The maximum atomic E-state index is 13.5. The lowest BCUT2D eigenvalue weighted by molar-refractivity contribution is -0.274. The first-order valence-electron chi connectivity index (χ1n) is 9.61. The predicted octanol–water partition coefficient (Wildman–Crippen LogP) is 3.66. The van der Waals surface area contributed by atoms with E-state index in [1.165, 1.54) is 28.9 Å². The fourth-order valence-electron chi connectivity index (χ4n) is 3.11. The van der Waals surface area contributed by atoms with Crippen molar-refractivity contribution in [1.29, 1.82) is 0 Å². The number of alkyl halides is 3. The standard InChI is InChI=1S/C21H19F3N2O6S2/c22-21(23,24)32-16-7-3-14(4-8-16)13-26(34(30,31)18-9-5-15(27)6-10-18)19(20(28)25-29)12-17-2-1-11-33-17/h1-11,19,27,29H,12-13H2,(H,25,28)/t19-/m1/s1. The van der Waals surface area contributed by atoms with Gasteiger partial charge in [-0.15, -0.1) is 24.5 Å². The van der Waals surface area contributed by atoms with E-state index in [0.717, 1.165) is 40.7 Å². The number of ether oxygens (including phenoxy) is 1. The average Bonchev–Trinajstić information content (AvgIpc) is 3.29. The maximum Gasteiger partial charge on any atom is 0.573 e. The van der Waals surface area contributed by atoms with Crippen molar-refractivity contribution in [3.63, 3.8) is 0 Å². The zero-order valence-electron chi connectivity index (χ0n) is 17.3. The van der Waals surface area contributed by atoms with E-state index < -0.39 is 40.6 Å². The summed E-state index contributed by atoms with van der Waals surface area (Å²) >= 11 is 1.28. The number of phenols is 1. The number of phenolic OH excluding ortho intramolecular Hbond substituents is 1. The van der Waals surface area contributed by atoms with Crippen LogP contribution in [0.4, 0.5) is 13.2 Å². The van der Waals surface area contributed by atoms with Crippen molar-refractivity contribution >= 4 is 27.3 Å². The molecule has 0 unspecified atom stereocenters. The molecule has 182 valence electrons. The Balaban J connectivity index is 2.01. The Morgan fingerprint density at radius 1 is 1.09 bits per heavy atom. The second kappa shape index (κ2) is 10.4. The number of carbonyl (C=O) groups is 1. The number of halogens is 3. The van der Waals surface area contributed by atoms with Crippen LogP contribution in [0.1, 0.15) is 10.4 Å². The van der Waals surface area contributed by atoms with Crippen molar-refractivity contribution in [3.05, 3.63) is 76.5 Å². The molecule has 1 aromatic heterocycles. The summed E-state index contributed by atoms with van der Waals surface area (Å²) in [6.07, 6.45) is -4.96. The summed E-state index contributed by atoms with van der Waals surface area (Å²) in [5.74, 6) is -1.66. The Hall–Kier alpha value is -3.13. The Kier molecular flexibility index (Phi) is 7.82. The smallest absolute Gasteiger partial charge is 0.508 e. The van der Waals surface area contributed by atoms with Gasteiger partial charge in [-0.3, -0.25) is 10.0 Å². The van der Waals surface area contributed by atoms with Gasteiger partial charge in [-0.25, -0.2) is 13.9 Å². The van der Waals surface area contributed by atoms with E-state index in [9.17, 15) is 36.7 Å². The summed E-state index contributed by atoms with van der Waals surface area (Å²) in [5, 5.41) is 20.5. The molecule has 0 aliphatic rings. The molecule has 0 fully saturated rings. The number of nitrogens with one attached hydrogen (secondary N) is 1. The van der Waals surface area contributed by atoms with Crippen molar-refractivity contribution in [2.45, 2.75) is 30.3 Å². The third-order valence-corrected chi connectivity index (χ3v) is 7.44. The molecule has 34 heavy (non-hydrogen) atoms. The summed E-state index contributed by atoms with van der Waals surface area (Å²) in [6, 6.07) is 11.1. The molecule has 3 rings (SSSR count). The van der Waals surface area contributed by atoms with Crippen LogP contribution in [0.5, 0.6) is 11.5 Å². The molecule has 2 aromatic carbocycles. The minimum atomic E-state index is -4.89. The molecule has 0 bridgehead atoms. The highest BCUT2D eigenvalue weighted by Crippen LogP contribution is 2.27. The lowest BCUT2D eigenvalue weighted by Gasteiger charge is -2.29. The van der Waals surface area contributed by atoms with E-state index in [1.54, 1.807) is 17.5 Å². The van der Waals surface area contributed by atoms with E-state index >= 15 is 0 Å². The first-order valence-corrected chi connectivity index (χ1v) is 11.9. The van der Waals surface area contributed by atoms with Gasteiger partial charge in [0.1, 0.15) is 17.5 Å². The first-order chi connectivity index (χ1) is 16.0. The second-order valence-electron chi connectivity index (χ2n) is 7.01. The minimum Gasteiger partial charge on any atom is -0.508 e. The van der Waals surface area contributed by atoms with Crippen LogP contribution >= 0.6 is 11.3 Å². The molecular weight excluding hydrogens is 497 g/mol. The van der Waals surface area contributed by atoms with Crippen molar-refractivity contribution in [2.24, 2.45) is 0 Å². The fourth-order valence-corrected chi connectivity index (χ4v) is 5.43. The van der Waals surface area contributed by atoms with Gasteiger partial charge >= 0.3 is 6.36 Å². The van der Waals surface area contributed by atoms with Crippen LogP contribution < -0.4 is 10.2 Å². The summed E-state index contributed by atoms with van der Waals surface area (Å²) < 4.78 is 69.0. The summed E-state index contributed by atoms with van der Waals surface area (Å²) in [5.41, 5.74) is 1.75. The van der Waals surface area contributed by atoms with Crippen molar-refractivity contribution in [3.8, 4) is 11.5 Å². The number of sulfonamides is 1. The summed E-state index contributed by atoms with van der Waals surface area (Å²) in [6.45, 7) is -0.404. The predicted molar refractivity (Wildman–Crippen MR) is 116 cm³/mol. The van der Waals surface area contributed by atoms with Gasteiger partial charge in [0.15, 0.2) is 0 Å². The molecule has 1 amide bonds. The van der Waals surface area contributed by atoms with Gasteiger partial charge in [0.2, 0.25) is 10.0 Å². The molecule has 0 aliphatic carbocycles. The normalized spacial score (nSPS) is 13.0. The van der Waals surface area contributed by atoms with Crippen LogP contribution in [0.15, 0.2) is 70.9 Å². The number of nitrogens with zero attached hydrogens (tertiary/aromatic N) is 1. The number of amides is 1. The Bertz CT molecular complexity index is 1200. The van der Waals surface area contributed by atoms with Gasteiger partial charge in [0.05, 0.1) is 4.90 Å². The molecule has 0 saturated heterocycles. The average molecular weight is 517 g/mol. The molecule has 3 aromatic rings. The van der Waals surface area contributed by atoms with E-state index in [-0.39, 0.29) is 22.6 Å². The van der Waals surface area contributed by atoms with Gasteiger partial charge in [-0.05, 0) is 53.4 Å². The van der Waals surface area contributed by atoms with Crippen LogP contribution in [-0.4, -0.2) is 41.3 Å². The third-order valence-electron chi connectivity index (χ3n) is 4.67. The molecule has 0 aliphatic heterocycles. The van der Waals surface area contributed by atoms with Crippen LogP contribution in [0.25, 0.3) is 0 Å². The topological polar surface area (TPSA) is 116 Å². The highest BCUT2D eigenvalue weighted by molar-refractivity contribution is 7.89. The highest BCUT2D eigenvalue weighted by atomic mass is 32.2. The number of aromatic hydroxyl groups is 1. The molecule has 8 nitrogen and oxygen atoms in total. The molecule has 13 heteroatoms. The summed E-state index contributed by atoms with van der Waals surface area (Å²) in [7, 11) is -4.37. The molecule has 1 atom stereocenters. The third kappa shape index (κ3) is 6.47. The Morgan fingerprint density at radius 3 is 2.26 bits per heavy atom. The highest BCUT2D eigenvalue weighted by Gasteiger charge is 2.37. The maximum absolute atomic E-state index is 13.5. The zero-order valence-corrected chi connectivity index (χ0v) is 18.9. The van der Waals surface area contributed by atoms with Crippen molar-refractivity contribution < 1.29 is 41.4 Å². The molecule has 1 heterocycles. The number of rotatable bonds is 9. The lowest BCUT2D eigenvalue weighted by atomic mass is 10.1. The number of carbonyl (C=O) groups excluding carboxylic acids is 1. The van der Waals surface area contributed by atoms with Gasteiger partial charge < -0.3 is 9.84 Å². The fraction of sp³-hybridized carbons (Fsp3) is 0.190. The van der Waals surface area contributed by atoms with Crippen molar-refractivity contribution in [2.75, 3.05) is 0 Å². The van der Waals surface area contributed by atoms with E-state index in [0.29, 0.717) is 4.88 Å². The first kappa shape index (κ1) is 25.5. The molecular formula is C21H19F3N2O6S2. The van der Waals surface area contributed by atoms with Crippen LogP contribution in [0.2, 0.25) is 0 Å². The lowest BCUT2D eigenvalue weighted by Crippen LogP contribution is -2.49. The van der Waals surface area contributed by atoms with E-state index in [2.05, 4.69) is 4.74 Å². The molecule has 3 N–H and O–H groups in total. The quantitative estimate of drug-likeness (QED) is 0.295. The van der Waals surface area contributed by atoms with Crippen molar-refractivity contribution in [1.82, 2.24) is 9.79 Å². The zero-order chi connectivity index (χ0) is 24.9. The molecule has 0 saturated carbocycles. The number of hydrogen-bond donors (Lipinski definition) is 3. The van der Waals surface area contributed by atoms with Gasteiger partial charge in [-0.1, -0.05) is 18.2 Å². The van der Waals surface area contributed by atoms with E-state index in [1.807, 2.05) is 0 Å². The van der Waals surface area contributed by atoms with Gasteiger partial charge in [-0.2, -0.15) is 4.31 Å². The SMILES string of the molecule is O=C(NO)[C@@H](Cc1cccs1)N(Cc1ccc(OC(F)(F)F)cc1)S(=O)(=O)c1ccc(O)cc1. The van der Waals surface area contributed by atoms with E-state index in [4.69, 9.17) is 0 Å².